The number of carbonyl (C=O) groups is 2. The number of rotatable bonds is 6. The lowest BCUT2D eigenvalue weighted by molar-refractivity contribution is -0.137. The van der Waals surface area contributed by atoms with Gasteiger partial charge in [-0.15, -0.1) is 0 Å². The van der Waals surface area contributed by atoms with Crippen LogP contribution in [0.15, 0.2) is 54.7 Å². The summed E-state index contributed by atoms with van der Waals surface area (Å²) in [5.74, 6) is -0.909. The van der Waals surface area contributed by atoms with Gasteiger partial charge in [-0.1, -0.05) is 31.2 Å². The number of amides is 2. The number of carbonyl (C=O) groups excluding carboxylic acids is 2. The minimum atomic E-state index is -4.57. The van der Waals surface area contributed by atoms with Crippen molar-refractivity contribution >= 4 is 17.5 Å². The Morgan fingerprint density at radius 2 is 1.68 bits per heavy atom. The van der Waals surface area contributed by atoms with Crippen LogP contribution in [0.1, 0.15) is 45.3 Å². The molecular weight excluding hydrogens is 409 g/mol. The molecule has 9 heteroatoms. The van der Waals surface area contributed by atoms with E-state index < -0.39 is 17.6 Å². The SMILES string of the molecule is CCCNC(=O)c1ccccc1NC(=O)c1cnn(-c2ccccc2C(F)(F)F)c1C. The van der Waals surface area contributed by atoms with E-state index in [0.717, 1.165) is 17.2 Å². The molecule has 0 aliphatic rings. The highest BCUT2D eigenvalue weighted by atomic mass is 19.4. The molecule has 0 atom stereocenters. The molecule has 2 aromatic carbocycles. The molecule has 0 spiro atoms. The lowest BCUT2D eigenvalue weighted by Gasteiger charge is -2.14. The van der Waals surface area contributed by atoms with Crippen molar-refractivity contribution in [2.75, 3.05) is 11.9 Å². The van der Waals surface area contributed by atoms with Gasteiger partial charge in [-0.3, -0.25) is 9.59 Å². The summed E-state index contributed by atoms with van der Waals surface area (Å²) in [5, 5.41) is 9.40. The molecule has 1 heterocycles. The van der Waals surface area contributed by atoms with Crippen molar-refractivity contribution in [3.63, 3.8) is 0 Å². The molecule has 2 amide bonds. The maximum atomic E-state index is 13.4. The van der Waals surface area contributed by atoms with Gasteiger partial charge in [0.15, 0.2) is 0 Å². The second-order valence-electron chi connectivity index (χ2n) is 6.83. The zero-order valence-corrected chi connectivity index (χ0v) is 17.0. The number of alkyl halides is 3. The summed E-state index contributed by atoms with van der Waals surface area (Å²) in [7, 11) is 0. The van der Waals surface area contributed by atoms with Gasteiger partial charge in [0.25, 0.3) is 11.8 Å². The summed E-state index contributed by atoms with van der Waals surface area (Å²) in [6.45, 7) is 3.92. The average molecular weight is 430 g/mol. The first kappa shape index (κ1) is 22.1. The summed E-state index contributed by atoms with van der Waals surface area (Å²) in [5.41, 5.74) is -0.111. The summed E-state index contributed by atoms with van der Waals surface area (Å²) in [6, 6.07) is 11.5. The number of hydrogen-bond donors (Lipinski definition) is 2. The molecule has 0 fully saturated rings. The summed E-state index contributed by atoms with van der Waals surface area (Å²) >= 11 is 0. The molecule has 0 aliphatic carbocycles. The van der Waals surface area contributed by atoms with Crippen molar-refractivity contribution in [1.82, 2.24) is 15.1 Å². The van der Waals surface area contributed by atoms with Gasteiger partial charge in [-0.05, 0) is 37.6 Å². The number of benzene rings is 2. The molecule has 0 saturated heterocycles. The van der Waals surface area contributed by atoms with E-state index in [1.54, 1.807) is 24.3 Å². The highest BCUT2D eigenvalue weighted by Crippen LogP contribution is 2.34. The Bertz CT molecular complexity index is 1110. The second-order valence-corrected chi connectivity index (χ2v) is 6.83. The largest absolute Gasteiger partial charge is 0.418 e. The van der Waals surface area contributed by atoms with E-state index in [4.69, 9.17) is 0 Å². The van der Waals surface area contributed by atoms with Crippen LogP contribution in [-0.4, -0.2) is 28.1 Å². The van der Waals surface area contributed by atoms with Gasteiger partial charge in [-0.2, -0.15) is 18.3 Å². The fourth-order valence-electron chi connectivity index (χ4n) is 3.09. The molecule has 0 saturated carbocycles. The van der Waals surface area contributed by atoms with Crippen molar-refractivity contribution in [3.8, 4) is 5.69 Å². The molecule has 0 aliphatic heterocycles. The number of halogens is 3. The predicted octanol–water partition coefficient (Wildman–Crippen LogP) is 4.59. The van der Waals surface area contributed by atoms with E-state index in [1.165, 1.54) is 31.3 Å². The van der Waals surface area contributed by atoms with E-state index in [-0.39, 0.29) is 28.4 Å². The third kappa shape index (κ3) is 4.76. The topological polar surface area (TPSA) is 76.0 Å². The molecular formula is C22H21F3N4O2. The molecule has 31 heavy (non-hydrogen) atoms. The standard InChI is InChI=1S/C22H21F3N4O2/c1-3-12-26-20(30)15-8-4-6-10-18(15)28-21(31)16-13-27-29(14(16)2)19-11-7-5-9-17(19)22(23,24)25/h4-11,13H,3,12H2,1-2H3,(H,26,30)(H,28,31). The number of aromatic nitrogens is 2. The van der Waals surface area contributed by atoms with Gasteiger partial charge in [0.1, 0.15) is 0 Å². The maximum absolute atomic E-state index is 13.4. The minimum Gasteiger partial charge on any atom is -0.352 e. The van der Waals surface area contributed by atoms with Crippen molar-refractivity contribution in [2.45, 2.75) is 26.4 Å². The fraction of sp³-hybridized carbons (Fsp3) is 0.227. The summed E-state index contributed by atoms with van der Waals surface area (Å²) < 4.78 is 41.2. The first-order chi connectivity index (χ1) is 14.7. The Morgan fingerprint density at radius 3 is 2.39 bits per heavy atom. The molecule has 3 rings (SSSR count). The van der Waals surface area contributed by atoms with Crippen molar-refractivity contribution in [3.05, 3.63) is 77.1 Å². The van der Waals surface area contributed by atoms with Crippen LogP contribution in [0.25, 0.3) is 5.69 Å². The Balaban J connectivity index is 1.90. The summed E-state index contributed by atoms with van der Waals surface area (Å²) in [6.07, 6.45) is -2.60. The van der Waals surface area contributed by atoms with Crippen molar-refractivity contribution < 1.29 is 22.8 Å². The average Bonchev–Trinajstić information content (AvgIpc) is 3.13. The van der Waals surface area contributed by atoms with Crippen LogP contribution >= 0.6 is 0 Å². The second kappa shape index (κ2) is 9.03. The smallest absolute Gasteiger partial charge is 0.352 e. The number of nitrogens with one attached hydrogen (secondary N) is 2. The number of hydrogen-bond acceptors (Lipinski definition) is 3. The molecule has 6 nitrogen and oxygen atoms in total. The maximum Gasteiger partial charge on any atom is 0.418 e. The first-order valence-corrected chi connectivity index (χ1v) is 9.63. The monoisotopic (exact) mass is 430 g/mol. The highest BCUT2D eigenvalue weighted by molar-refractivity contribution is 6.09. The number of anilines is 1. The van der Waals surface area contributed by atoms with E-state index in [1.807, 2.05) is 6.92 Å². The van der Waals surface area contributed by atoms with Crippen LogP contribution < -0.4 is 10.6 Å². The minimum absolute atomic E-state index is 0.0979. The normalized spacial score (nSPS) is 11.3. The van der Waals surface area contributed by atoms with Crippen LogP contribution in [-0.2, 0) is 6.18 Å². The number of para-hydroxylation sites is 2. The summed E-state index contributed by atoms with van der Waals surface area (Å²) in [4.78, 5) is 25.2. The third-order valence-electron chi connectivity index (χ3n) is 4.65. The number of nitrogens with zero attached hydrogens (tertiary/aromatic N) is 2. The third-order valence-corrected chi connectivity index (χ3v) is 4.65. The van der Waals surface area contributed by atoms with Crippen LogP contribution in [0.3, 0.4) is 0 Å². The molecule has 2 N–H and O–H groups in total. The molecule has 1 aromatic heterocycles. The predicted molar refractivity (Wildman–Crippen MR) is 110 cm³/mol. The van der Waals surface area contributed by atoms with Crippen LogP contribution in [0.4, 0.5) is 18.9 Å². The molecule has 0 radical (unpaired) electrons. The molecule has 0 bridgehead atoms. The van der Waals surface area contributed by atoms with Gasteiger partial charge >= 0.3 is 6.18 Å². The first-order valence-electron chi connectivity index (χ1n) is 9.63. The lowest BCUT2D eigenvalue weighted by atomic mass is 10.1. The quantitative estimate of drug-likeness (QED) is 0.601. The van der Waals surface area contributed by atoms with Crippen LogP contribution in [0, 0.1) is 6.92 Å². The zero-order valence-electron chi connectivity index (χ0n) is 17.0. The van der Waals surface area contributed by atoms with Gasteiger partial charge in [-0.25, -0.2) is 4.68 Å². The van der Waals surface area contributed by atoms with Gasteiger partial charge < -0.3 is 10.6 Å². The van der Waals surface area contributed by atoms with Crippen LogP contribution in [0.2, 0.25) is 0 Å². The van der Waals surface area contributed by atoms with Crippen molar-refractivity contribution in [1.29, 1.82) is 0 Å². The van der Waals surface area contributed by atoms with Gasteiger partial charge in [0.2, 0.25) is 0 Å². The lowest BCUT2D eigenvalue weighted by Crippen LogP contribution is -2.25. The molecule has 0 unspecified atom stereocenters. The zero-order chi connectivity index (χ0) is 22.6. The molecule has 3 aromatic rings. The van der Waals surface area contributed by atoms with E-state index >= 15 is 0 Å². The Labute approximate surface area is 177 Å². The Kier molecular flexibility index (Phi) is 6.43. The van der Waals surface area contributed by atoms with Gasteiger partial charge in [0, 0.05) is 6.54 Å². The van der Waals surface area contributed by atoms with Crippen LogP contribution in [0.5, 0.6) is 0 Å². The van der Waals surface area contributed by atoms with Crippen molar-refractivity contribution in [2.24, 2.45) is 0 Å². The Morgan fingerprint density at radius 1 is 1.00 bits per heavy atom. The fourth-order valence-corrected chi connectivity index (χ4v) is 3.09. The molecule has 162 valence electrons. The highest BCUT2D eigenvalue weighted by Gasteiger charge is 2.34. The van der Waals surface area contributed by atoms with Gasteiger partial charge in [0.05, 0.1) is 40.0 Å². The van der Waals surface area contributed by atoms with E-state index in [0.29, 0.717) is 12.2 Å². The van der Waals surface area contributed by atoms with E-state index in [9.17, 15) is 22.8 Å². The van der Waals surface area contributed by atoms with E-state index in [2.05, 4.69) is 15.7 Å². The Hall–Kier alpha value is -3.62.